The van der Waals surface area contributed by atoms with Crippen LogP contribution in [0.15, 0.2) is 36.8 Å². The summed E-state index contributed by atoms with van der Waals surface area (Å²) in [5, 5.41) is 8.99. The van der Waals surface area contributed by atoms with Crippen LogP contribution in [0.4, 0.5) is 0 Å². The van der Waals surface area contributed by atoms with Crippen molar-refractivity contribution in [2.75, 3.05) is 0 Å². The van der Waals surface area contributed by atoms with Crippen LogP contribution in [0.2, 0.25) is 0 Å². The molecule has 1 aromatic rings. The van der Waals surface area contributed by atoms with Gasteiger partial charge in [0.25, 0.3) is 5.79 Å². The molecule has 0 bridgehead atoms. The van der Waals surface area contributed by atoms with Crippen molar-refractivity contribution < 1.29 is 14.6 Å². The molecule has 0 fully saturated rings. The van der Waals surface area contributed by atoms with Crippen LogP contribution in [0.25, 0.3) is 0 Å². The van der Waals surface area contributed by atoms with Crippen LogP contribution >= 0.6 is 0 Å². The van der Waals surface area contributed by atoms with Gasteiger partial charge >= 0.3 is 0 Å². The Morgan fingerprint density at radius 1 is 1.29 bits per heavy atom. The molecule has 0 unspecified atom stereocenters. The fraction of sp³-hybridized carbons (Fsp3) is 0.273. The second kappa shape index (κ2) is 3.35. The van der Waals surface area contributed by atoms with Gasteiger partial charge in [-0.2, -0.15) is 0 Å². The van der Waals surface area contributed by atoms with Crippen LogP contribution in [0.1, 0.15) is 18.1 Å². The molecule has 0 radical (unpaired) electrons. The van der Waals surface area contributed by atoms with Gasteiger partial charge in [-0.15, -0.1) is 0 Å². The van der Waals surface area contributed by atoms with E-state index in [0.29, 0.717) is 0 Å². The van der Waals surface area contributed by atoms with Crippen molar-refractivity contribution >= 4 is 0 Å². The summed E-state index contributed by atoms with van der Waals surface area (Å²) in [7, 11) is 0. The lowest BCUT2D eigenvalue weighted by Crippen LogP contribution is -2.22. The summed E-state index contributed by atoms with van der Waals surface area (Å²) >= 11 is 0. The SMILES string of the molecule is CC1(c2cccc(CO)c2)OC=CO1. The maximum absolute atomic E-state index is 8.99. The molecule has 1 N–H and O–H groups in total. The molecular formula is C11H12O3. The summed E-state index contributed by atoms with van der Waals surface area (Å²) in [4.78, 5) is 0. The monoisotopic (exact) mass is 192 g/mol. The van der Waals surface area contributed by atoms with Crippen molar-refractivity contribution in [3.05, 3.63) is 47.9 Å². The highest BCUT2D eigenvalue weighted by Gasteiger charge is 2.31. The highest BCUT2D eigenvalue weighted by molar-refractivity contribution is 5.27. The van der Waals surface area contributed by atoms with Gasteiger partial charge in [-0.1, -0.05) is 18.2 Å². The number of ether oxygens (including phenoxy) is 2. The van der Waals surface area contributed by atoms with Gasteiger partial charge in [0, 0.05) is 12.5 Å². The van der Waals surface area contributed by atoms with Crippen LogP contribution in [0.5, 0.6) is 0 Å². The molecule has 74 valence electrons. The largest absolute Gasteiger partial charge is 0.453 e. The number of benzene rings is 1. The summed E-state index contributed by atoms with van der Waals surface area (Å²) in [6.07, 6.45) is 3.04. The van der Waals surface area contributed by atoms with Crippen molar-refractivity contribution in [2.45, 2.75) is 19.3 Å². The zero-order chi connectivity index (χ0) is 10.0. The van der Waals surface area contributed by atoms with Gasteiger partial charge in [-0.05, 0) is 11.6 Å². The van der Waals surface area contributed by atoms with E-state index in [2.05, 4.69) is 0 Å². The van der Waals surface area contributed by atoms with Crippen LogP contribution in [-0.4, -0.2) is 5.11 Å². The lowest BCUT2D eigenvalue weighted by Gasteiger charge is -2.23. The maximum Gasteiger partial charge on any atom is 0.273 e. The van der Waals surface area contributed by atoms with Gasteiger partial charge in [-0.3, -0.25) is 0 Å². The van der Waals surface area contributed by atoms with Crippen molar-refractivity contribution in [2.24, 2.45) is 0 Å². The van der Waals surface area contributed by atoms with Crippen LogP contribution < -0.4 is 0 Å². The molecule has 0 saturated heterocycles. The minimum Gasteiger partial charge on any atom is -0.453 e. The standard InChI is InChI=1S/C11H12O3/c1-11(13-5-6-14-11)10-4-2-3-9(7-10)8-12/h2-7,12H,8H2,1H3. The molecule has 3 heteroatoms. The topological polar surface area (TPSA) is 38.7 Å². The van der Waals surface area contributed by atoms with Crippen LogP contribution in [0.3, 0.4) is 0 Å². The summed E-state index contributed by atoms with van der Waals surface area (Å²) in [6, 6.07) is 7.51. The van der Waals surface area contributed by atoms with E-state index in [4.69, 9.17) is 14.6 Å². The molecule has 0 aliphatic carbocycles. The first-order chi connectivity index (χ1) is 6.74. The summed E-state index contributed by atoms with van der Waals surface area (Å²) in [6.45, 7) is 1.86. The van der Waals surface area contributed by atoms with Gasteiger partial charge in [-0.25, -0.2) is 0 Å². The van der Waals surface area contributed by atoms with E-state index in [1.807, 2.05) is 31.2 Å². The number of rotatable bonds is 2. The Morgan fingerprint density at radius 3 is 2.64 bits per heavy atom. The zero-order valence-corrected chi connectivity index (χ0v) is 7.93. The van der Waals surface area contributed by atoms with Crippen LogP contribution in [-0.2, 0) is 21.9 Å². The molecule has 2 rings (SSSR count). The summed E-state index contributed by atoms with van der Waals surface area (Å²) < 4.78 is 10.7. The number of aliphatic hydroxyl groups excluding tert-OH is 1. The molecule has 1 aliphatic rings. The summed E-state index contributed by atoms with van der Waals surface area (Å²) in [5.74, 6) is -0.745. The Balaban J connectivity index is 2.31. The molecule has 0 spiro atoms. The van der Waals surface area contributed by atoms with Crippen LogP contribution in [0, 0.1) is 0 Å². The van der Waals surface area contributed by atoms with E-state index in [9.17, 15) is 0 Å². The van der Waals surface area contributed by atoms with E-state index < -0.39 is 5.79 Å². The highest BCUT2D eigenvalue weighted by Crippen LogP contribution is 2.31. The normalized spacial score (nSPS) is 17.6. The average molecular weight is 192 g/mol. The second-order valence-corrected chi connectivity index (χ2v) is 3.31. The lowest BCUT2D eigenvalue weighted by molar-refractivity contribution is -0.133. The Hall–Kier alpha value is -1.48. The Morgan fingerprint density at radius 2 is 2.00 bits per heavy atom. The van der Waals surface area contributed by atoms with Gasteiger partial charge in [0.05, 0.1) is 6.61 Å². The molecule has 0 amide bonds. The Kier molecular flexibility index (Phi) is 2.17. The Labute approximate surface area is 82.6 Å². The number of aliphatic hydroxyl groups is 1. The second-order valence-electron chi connectivity index (χ2n) is 3.31. The average Bonchev–Trinajstić information content (AvgIpc) is 2.67. The van der Waals surface area contributed by atoms with Crippen molar-refractivity contribution in [3.8, 4) is 0 Å². The minimum atomic E-state index is -0.745. The van der Waals surface area contributed by atoms with E-state index in [-0.39, 0.29) is 6.61 Å². The predicted octanol–water partition coefficient (Wildman–Crippen LogP) is 1.87. The first-order valence-corrected chi connectivity index (χ1v) is 4.45. The van der Waals surface area contributed by atoms with E-state index in [1.54, 1.807) is 0 Å². The molecule has 1 heterocycles. The molecule has 0 atom stereocenters. The van der Waals surface area contributed by atoms with Gasteiger partial charge < -0.3 is 14.6 Å². The van der Waals surface area contributed by atoms with Crippen molar-refractivity contribution in [3.63, 3.8) is 0 Å². The summed E-state index contributed by atoms with van der Waals surface area (Å²) in [5.41, 5.74) is 1.75. The van der Waals surface area contributed by atoms with Gasteiger partial charge in [0.2, 0.25) is 0 Å². The third-order valence-corrected chi connectivity index (χ3v) is 2.28. The smallest absolute Gasteiger partial charge is 0.273 e. The fourth-order valence-corrected chi connectivity index (χ4v) is 1.43. The Bertz CT molecular complexity index is 349. The van der Waals surface area contributed by atoms with E-state index in [1.165, 1.54) is 12.5 Å². The minimum absolute atomic E-state index is 0.0251. The third-order valence-electron chi connectivity index (χ3n) is 2.28. The molecule has 1 aliphatic heterocycles. The first-order valence-electron chi connectivity index (χ1n) is 4.45. The maximum atomic E-state index is 8.99. The highest BCUT2D eigenvalue weighted by atomic mass is 16.7. The third kappa shape index (κ3) is 1.46. The fourth-order valence-electron chi connectivity index (χ4n) is 1.43. The van der Waals surface area contributed by atoms with Gasteiger partial charge in [0.1, 0.15) is 12.5 Å². The molecule has 1 aromatic carbocycles. The van der Waals surface area contributed by atoms with E-state index in [0.717, 1.165) is 11.1 Å². The number of hydrogen-bond donors (Lipinski definition) is 1. The quantitative estimate of drug-likeness (QED) is 0.777. The first kappa shape index (κ1) is 9.09. The van der Waals surface area contributed by atoms with Gasteiger partial charge in [0.15, 0.2) is 0 Å². The molecule has 0 saturated carbocycles. The molecule has 0 aromatic heterocycles. The molecular weight excluding hydrogens is 180 g/mol. The van der Waals surface area contributed by atoms with E-state index >= 15 is 0 Å². The zero-order valence-electron chi connectivity index (χ0n) is 7.93. The molecule has 3 nitrogen and oxygen atoms in total. The molecule has 14 heavy (non-hydrogen) atoms. The lowest BCUT2D eigenvalue weighted by atomic mass is 10.0. The van der Waals surface area contributed by atoms with Crippen molar-refractivity contribution in [1.29, 1.82) is 0 Å². The van der Waals surface area contributed by atoms with Crippen molar-refractivity contribution in [1.82, 2.24) is 0 Å². The predicted molar refractivity (Wildman–Crippen MR) is 51.0 cm³/mol. The number of hydrogen-bond acceptors (Lipinski definition) is 3.